The fourth-order valence-corrected chi connectivity index (χ4v) is 0.635. The Hall–Kier alpha value is -0.0116. The van der Waals surface area contributed by atoms with Crippen LogP contribution in [0.2, 0.25) is 5.21 Å². The summed E-state index contributed by atoms with van der Waals surface area (Å²) in [5, 5.41) is 17.3. The normalized spacial score (nSPS) is 13.2. The van der Waals surface area contributed by atoms with Gasteiger partial charge in [0.05, 0.1) is 0 Å². The van der Waals surface area contributed by atoms with E-state index in [1.807, 2.05) is 0 Å². The van der Waals surface area contributed by atoms with Crippen molar-refractivity contribution in [2.75, 3.05) is 0 Å². The SMILES string of the molecule is O=C(O)CC(O)C[AsH2]. The van der Waals surface area contributed by atoms with E-state index in [2.05, 4.69) is 0 Å². The first-order chi connectivity index (χ1) is 3.66. The van der Waals surface area contributed by atoms with Gasteiger partial charge in [-0.1, -0.05) is 0 Å². The quantitative estimate of drug-likeness (QED) is 0.540. The van der Waals surface area contributed by atoms with Gasteiger partial charge in [0.2, 0.25) is 0 Å². The molecule has 0 spiro atoms. The molecule has 4 heteroatoms. The average molecular weight is 180 g/mol. The Balaban J connectivity index is 3.24. The fraction of sp³-hybridized carbons (Fsp3) is 0.750. The maximum atomic E-state index is 9.82. The first-order valence-electron chi connectivity index (χ1n) is 2.26. The number of aliphatic hydroxyl groups excluding tert-OH is 1. The summed E-state index contributed by atoms with van der Waals surface area (Å²) in [6.45, 7) is 0. The fourth-order valence-electron chi connectivity index (χ4n) is 0.285. The van der Waals surface area contributed by atoms with Gasteiger partial charge in [-0.3, -0.25) is 0 Å². The van der Waals surface area contributed by atoms with Gasteiger partial charge in [0.15, 0.2) is 0 Å². The molecule has 48 valence electrons. The monoisotopic (exact) mass is 180 g/mol. The van der Waals surface area contributed by atoms with Crippen LogP contribution in [-0.4, -0.2) is 39.1 Å². The molecule has 0 aliphatic heterocycles. The summed E-state index contributed by atoms with van der Waals surface area (Å²) in [7, 11) is 0. The topological polar surface area (TPSA) is 57.5 Å². The van der Waals surface area contributed by atoms with E-state index in [-0.39, 0.29) is 6.42 Å². The second-order valence-electron chi connectivity index (χ2n) is 1.49. The van der Waals surface area contributed by atoms with Crippen LogP contribution < -0.4 is 0 Å². The van der Waals surface area contributed by atoms with Gasteiger partial charge >= 0.3 is 55.6 Å². The molecule has 0 fully saturated rings. The van der Waals surface area contributed by atoms with Gasteiger partial charge in [-0.05, 0) is 0 Å². The van der Waals surface area contributed by atoms with Crippen molar-refractivity contribution >= 4 is 22.8 Å². The Kier molecular flexibility index (Phi) is 3.92. The molecule has 2 N–H and O–H groups in total. The number of aliphatic hydroxyl groups is 1. The van der Waals surface area contributed by atoms with Crippen LogP contribution in [0.25, 0.3) is 0 Å². The molecule has 0 amide bonds. The van der Waals surface area contributed by atoms with Crippen molar-refractivity contribution in [3.8, 4) is 0 Å². The van der Waals surface area contributed by atoms with Crippen LogP contribution in [0, 0.1) is 0 Å². The minimum atomic E-state index is -0.935. The van der Waals surface area contributed by atoms with Gasteiger partial charge < -0.3 is 0 Å². The molecular formula is C4H9AsO3. The van der Waals surface area contributed by atoms with E-state index >= 15 is 0 Å². The minimum absolute atomic E-state index is 0.127. The van der Waals surface area contributed by atoms with Crippen LogP contribution in [0.5, 0.6) is 0 Å². The third kappa shape index (κ3) is 4.16. The van der Waals surface area contributed by atoms with Crippen molar-refractivity contribution in [3.05, 3.63) is 0 Å². The van der Waals surface area contributed by atoms with E-state index in [0.29, 0.717) is 5.21 Å². The van der Waals surface area contributed by atoms with Crippen LogP contribution in [0.15, 0.2) is 0 Å². The van der Waals surface area contributed by atoms with Gasteiger partial charge in [-0.15, -0.1) is 0 Å². The van der Waals surface area contributed by atoms with E-state index in [0.717, 1.165) is 0 Å². The Labute approximate surface area is 56.2 Å². The summed E-state index contributed by atoms with van der Waals surface area (Å²) in [6.07, 6.45) is -0.773. The van der Waals surface area contributed by atoms with E-state index in [9.17, 15) is 4.79 Å². The second kappa shape index (κ2) is 3.93. The molecular weight excluding hydrogens is 171 g/mol. The van der Waals surface area contributed by atoms with E-state index in [1.54, 1.807) is 0 Å². The molecule has 0 bridgehead atoms. The van der Waals surface area contributed by atoms with Crippen molar-refractivity contribution < 1.29 is 15.0 Å². The second-order valence-corrected chi connectivity index (χ2v) is 2.48. The number of hydrogen-bond donors (Lipinski definition) is 2. The van der Waals surface area contributed by atoms with Crippen LogP contribution in [0.3, 0.4) is 0 Å². The summed E-state index contributed by atoms with van der Waals surface area (Å²) >= 11 is 1.35. The number of carboxylic acids is 1. The predicted octanol–water partition coefficient (Wildman–Crippen LogP) is -1.13. The number of rotatable bonds is 3. The maximum absolute atomic E-state index is 9.82. The molecule has 3 nitrogen and oxygen atoms in total. The molecule has 0 heterocycles. The molecule has 2 unspecified atom stereocenters. The first kappa shape index (κ1) is 7.99. The predicted molar refractivity (Wildman–Crippen MR) is 31.6 cm³/mol. The van der Waals surface area contributed by atoms with Crippen molar-refractivity contribution in [1.29, 1.82) is 0 Å². The Morgan fingerprint density at radius 1 is 1.75 bits per heavy atom. The molecule has 0 saturated carbocycles. The van der Waals surface area contributed by atoms with Gasteiger partial charge in [0, 0.05) is 0 Å². The zero-order valence-electron chi connectivity index (χ0n) is 4.37. The number of carbonyl (C=O) groups is 1. The van der Waals surface area contributed by atoms with E-state index in [1.165, 1.54) is 16.9 Å². The molecule has 0 rings (SSSR count). The summed E-state index contributed by atoms with van der Waals surface area (Å²) in [4.78, 5) is 9.82. The van der Waals surface area contributed by atoms with Crippen LogP contribution in [0.1, 0.15) is 6.42 Å². The van der Waals surface area contributed by atoms with Gasteiger partial charge in [-0.25, -0.2) is 0 Å². The van der Waals surface area contributed by atoms with Crippen LogP contribution >= 0.6 is 0 Å². The average Bonchev–Trinajstić information content (AvgIpc) is 1.65. The Morgan fingerprint density at radius 2 is 2.25 bits per heavy atom. The first-order valence-corrected chi connectivity index (χ1v) is 3.98. The molecule has 0 aromatic heterocycles. The molecule has 2 atom stereocenters. The number of carboxylic acid groups (broad SMARTS) is 1. The molecule has 8 heavy (non-hydrogen) atoms. The summed E-state index contributed by atoms with van der Waals surface area (Å²) < 4.78 is 0. The summed E-state index contributed by atoms with van der Waals surface area (Å²) in [5.74, 6) is -0.935. The van der Waals surface area contributed by atoms with Crippen LogP contribution in [-0.2, 0) is 4.79 Å². The van der Waals surface area contributed by atoms with Crippen molar-refractivity contribution in [2.45, 2.75) is 17.7 Å². The van der Waals surface area contributed by atoms with Gasteiger partial charge in [-0.2, -0.15) is 0 Å². The Bertz CT molecular complexity index is 83.4. The van der Waals surface area contributed by atoms with Crippen molar-refractivity contribution in [3.63, 3.8) is 0 Å². The van der Waals surface area contributed by atoms with E-state index in [4.69, 9.17) is 10.2 Å². The third-order valence-corrected chi connectivity index (χ3v) is 1.82. The van der Waals surface area contributed by atoms with Crippen molar-refractivity contribution in [1.82, 2.24) is 0 Å². The summed E-state index contributed by atoms with van der Waals surface area (Å²) in [5.41, 5.74) is 0. The van der Waals surface area contributed by atoms with Crippen molar-refractivity contribution in [2.24, 2.45) is 0 Å². The third-order valence-electron chi connectivity index (χ3n) is 0.682. The van der Waals surface area contributed by atoms with Crippen LogP contribution in [0.4, 0.5) is 0 Å². The Morgan fingerprint density at radius 3 is 2.38 bits per heavy atom. The zero-order chi connectivity index (χ0) is 6.57. The zero-order valence-corrected chi connectivity index (χ0v) is 6.79. The van der Waals surface area contributed by atoms with Gasteiger partial charge in [0.25, 0.3) is 0 Å². The molecule has 0 radical (unpaired) electrons. The number of aliphatic carboxylic acids is 1. The number of hydrogen-bond acceptors (Lipinski definition) is 2. The molecule has 0 aliphatic carbocycles. The summed E-state index contributed by atoms with van der Waals surface area (Å²) in [6, 6.07) is 0. The molecule has 0 aromatic carbocycles. The standard InChI is InChI=1S/C4H9AsO3/c5-2-3(6)1-4(7)8/h3,6H,1-2,5H2,(H,7,8). The molecule has 0 saturated heterocycles. The van der Waals surface area contributed by atoms with Gasteiger partial charge in [0.1, 0.15) is 0 Å². The van der Waals surface area contributed by atoms with E-state index < -0.39 is 12.1 Å². The molecule has 0 aliphatic rings. The molecule has 0 aromatic rings.